The lowest BCUT2D eigenvalue weighted by molar-refractivity contribution is -0.128. The van der Waals surface area contributed by atoms with Crippen LogP contribution in [-0.4, -0.2) is 96.8 Å². The Balaban J connectivity index is 1.65. The van der Waals surface area contributed by atoms with Gasteiger partial charge in [-0.1, -0.05) is 32.9 Å². The zero-order chi connectivity index (χ0) is 35.1. The van der Waals surface area contributed by atoms with E-state index < -0.39 is 35.8 Å². The Morgan fingerprint density at radius 2 is 1.58 bits per heavy atom. The average molecular weight is 684 g/mol. The largest absolute Gasteiger partial charge is 0.370 e. The number of rotatable bonds is 19. The molecule has 2 aromatic rings. The highest BCUT2D eigenvalue weighted by atomic mass is 32.1. The van der Waals surface area contributed by atoms with E-state index in [9.17, 15) is 19.2 Å². The van der Waals surface area contributed by atoms with Crippen LogP contribution >= 0.6 is 11.3 Å². The highest BCUT2D eigenvalue weighted by Crippen LogP contribution is 2.14. The lowest BCUT2D eigenvalue weighted by Crippen LogP contribution is -2.52. The number of primary amides is 1. The van der Waals surface area contributed by atoms with Gasteiger partial charge in [0.25, 0.3) is 5.91 Å². The monoisotopic (exact) mass is 683 g/mol. The van der Waals surface area contributed by atoms with Gasteiger partial charge in [0.15, 0.2) is 5.96 Å². The number of carbonyl (C=O) groups excluding carboxylic acids is 4. The first-order chi connectivity index (χ1) is 22.9. The molecule has 0 bridgehead atoms. The number of guanidine groups is 1. The molecule has 1 aromatic heterocycles. The first-order valence-corrected chi connectivity index (χ1v) is 17.7. The van der Waals surface area contributed by atoms with Gasteiger partial charge in [-0.3, -0.25) is 29.1 Å². The summed E-state index contributed by atoms with van der Waals surface area (Å²) in [4.78, 5) is 61.0. The number of benzene rings is 1. The van der Waals surface area contributed by atoms with E-state index in [0.717, 1.165) is 50.4 Å². The lowest BCUT2D eigenvalue weighted by Gasteiger charge is -2.34. The third-order valence-electron chi connectivity index (χ3n) is 8.33. The van der Waals surface area contributed by atoms with Crippen molar-refractivity contribution < 1.29 is 19.2 Å². The van der Waals surface area contributed by atoms with Gasteiger partial charge in [0, 0.05) is 63.7 Å². The smallest absolute Gasteiger partial charge is 0.251 e. The number of likely N-dealkylation sites (N-methyl/N-ethyl adjacent to an activating group) is 1. The van der Waals surface area contributed by atoms with E-state index in [4.69, 9.17) is 17.2 Å². The fraction of sp³-hybridized carbons (Fsp3) is 0.559. The van der Waals surface area contributed by atoms with Crippen LogP contribution in [0.15, 0.2) is 46.1 Å². The molecule has 3 atom stereocenters. The normalized spacial score (nSPS) is 15.7. The summed E-state index contributed by atoms with van der Waals surface area (Å²) >= 11 is 1.49. The molecule has 14 heteroatoms. The molecule has 1 aromatic carbocycles. The van der Waals surface area contributed by atoms with E-state index in [-0.39, 0.29) is 37.0 Å². The highest BCUT2D eigenvalue weighted by molar-refractivity contribution is 7.07. The fourth-order valence-electron chi connectivity index (χ4n) is 5.71. The Morgan fingerprint density at radius 1 is 0.896 bits per heavy atom. The molecule has 3 rings (SSSR count). The second-order valence-corrected chi connectivity index (χ2v) is 13.6. The second-order valence-electron chi connectivity index (χ2n) is 12.8. The maximum absolute atomic E-state index is 13.6. The maximum Gasteiger partial charge on any atom is 0.251 e. The summed E-state index contributed by atoms with van der Waals surface area (Å²) in [6.07, 6.45) is 1.46. The Labute approximate surface area is 288 Å². The third-order valence-corrected chi connectivity index (χ3v) is 9.07. The number of amides is 4. The molecule has 0 radical (unpaired) electrons. The minimum absolute atomic E-state index is 0.0522. The number of nitrogens with one attached hydrogen (secondary N) is 3. The summed E-state index contributed by atoms with van der Waals surface area (Å²) in [5.74, 6) is -1.73. The van der Waals surface area contributed by atoms with Crippen LogP contribution < -0.4 is 33.2 Å². The van der Waals surface area contributed by atoms with Crippen LogP contribution in [0.25, 0.3) is 0 Å². The van der Waals surface area contributed by atoms with Crippen molar-refractivity contribution in [3.8, 4) is 0 Å². The number of hydrogen-bond donors (Lipinski definition) is 6. The molecule has 1 fully saturated rings. The molecule has 4 amide bonds. The standard InChI is InChI=1S/C34H53N9O4S/c1-4-42-13-15-43(16-14-42)21-24-7-9-26(10-8-24)32(46)41-28(6-5-12-38-34(36)37)33(47)39-27(18-23(2)3)20-30(44)40-29(31(35)45)19-25-11-17-48-22-25/h7-11,17,22-23,27-29H,4-6,12-16,18-21H2,1-3H3,(H2,35,45)(H,39,47)(H,40,44)(H,41,46)(H4,36,37,38)/t27?,28-,29?/m0/s1. The van der Waals surface area contributed by atoms with Crippen molar-refractivity contribution in [2.75, 3.05) is 39.3 Å². The Morgan fingerprint density at radius 3 is 2.17 bits per heavy atom. The molecule has 2 heterocycles. The molecule has 1 saturated heterocycles. The van der Waals surface area contributed by atoms with Gasteiger partial charge in [-0.25, -0.2) is 0 Å². The van der Waals surface area contributed by atoms with Gasteiger partial charge in [-0.05, 0) is 71.8 Å². The van der Waals surface area contributed by atoms with Crippen molar-refractivity contribution in [2.45, 2.75) is 77.5 Å². The molecule has 48 heavy (non-hydrogen) atoms. The minimum Gasteiger partial charge on any atom is -0.370 e. The van der Waals surface area contributed by atoms with Crippen molar-refractivity contribution in [3.05, 3.63) is 57.8 Å². The number of nitrogens with two attached hydrogens (primary N) is 3. The van der Waals surface area contributed by atoms with Gasteiger partial charge in [0.1, 0.15) is 12.1 Å². The molecule has 0 saturated carbocycles. The molecular formula is C34H53N9O4S. The van der Waals surface area contributed by atoms with Gasteiger partial charge < -0.3 is 38.1 Å². The zero-order valence-electron chi connectivity index (χ0n) is 28.5. The van der Waals surface area contributed by atoms with Crippen molar-refractivity contribution >= 4 is 40.9 Å². The molecule has 1 aliphatic rings. The molecular weight excluding hydrogens is 630 g/mol. The second kappa shape index (κ2) is 19.7. The molecule has 0 aliphatic carbocycles. The van der Waals surface area contributed by atoms with Crippen molar-refractivity contribution in [1.29, 1.82) is 0 Å². The number of carbonyl (C=O) groups is 4. The SMILES string of the molecule is CCN1CCN(Cc2ccc(C(=O)N[C@@H](CCCN=C(N)N)C(=O)NC(CC(=O)NC(Cc3ccsc3)C(N)=O)CC(C)C)cc2)CC1. The van der Waals surface area contributed by atoms with Crippen molar-refractivity contribution in [1.82, 2.24) is 25.8 Å². The number of thiophene rings is 1. The predicted octanol–water partition coefficient (Wildman–Crippen LogP) is 1.17. The first kappa shape index (κ1) is 38.4. The van der Waals surface area contributed by atoms with Gasteiger partial charge in [0.05, 0.1) is 0 Å². The minimum atomic E-state index is -0.893. The number of aliphatic imine (C=N–C) groups is 1. The van der Waals surface area contributed by atoms with E-state index >= 15 is 0 Å². The van der Waals surface area contributed by atoms with Crippen LogP contribution in [0.2, 0.25) is 0 Å². The van der Waals surface area contributed by atoms with Gasteiger partial charge in [0.2, 0.25) is 17.7 Å². The van der Waals surface area contributed by atoms with Crippen molar-refractivity contribution in [3.63, 3.8) is 0 Å². The van der Waals surface area contributed by atoms with Crippen LogP contribution in [0.1, 0.15) is 67.9 Å². The Hall–Kier alpha value is -4.01. The van der Waals surface area contributed by atoms with Crippen LogP contribution in [0.3, 0.4) is 0 Å². The van der Waals surface area contributed by atoms with Crippen molar-refractivity contribution in [2.24, 2.45) is 28.1 Å². The first-order valence-electron chi connectivity index (χ1n) is 16.7. The average Bonchev–Trinajstić information content (AvgIpc) is 3.55. The van der Waals surface area contributed by atoms with Crippen LogP contribution in [-0.2, 0) is 27.3 Å². The summed E-state index contributed by atoms with van der Waals surface area (Å²) in [5.41, 5.74) is 19.0. The molecule has 264 valence electrons. The number of nitrogens with zero attached hydrogens (tertiary/aromatic N) is 3. The highest BCUT2D eigenvalue weighted by Gasteiger charge is 2.27. The summed E-state index contributed by atoms with van der Waals surface area (Å²) in [6, 6.07) is 7.02. The quantitative estimate of drug-likeness (QED) is 0.0720. The topological polar surface area (TPSA) is 201 Å². The number of piperazine rings is 1. The van der Waals surface area contributed by atoms with Gasteiger partial charge >= 0.3 is 0 Å². The third kappa shape index (κ3) is 13.6. The van der Waals surface area contributed by atoms with Crippen LogP contribution in [0.5, 0.6) is 0 Å². The van der Waals surface area contributed by atoms with Gasteiger partial charge in [-0.2, -0.15) is 11.3 Å². The Bertz CT molecular complexity index is 1340. The van der Waals surface area contributed by atoms with Crippen LogP contribution in [0, 0.1) is 5.92 Å². The number of hydrogen-bond acceptors (Lipinski definition) is 8. The van der Waals surface area contributed by atoms with E-state index in [1.165, 1.54) is 11.3 Å². The molecule has 9 N–H and O–H groups in total. The Kier molecular flexibility index (Phi) is 15.8. The molecule has 2 unspecified atom stereocenters. The lowest BCUT2D eigenvalue weighted by atomic mass is 9.99. The predicted molar refractivity (Wildman–Crippen MR) is 190 cm³/mol. The van der Waals surface area contributed by atoms with E-state index in [0.29, 0.717) is 24.9 Å². The van der Waals surface area contributed by atoms with Gasteiger partial charge in [-0.15, -0.1) is 0 Å². The summed E-state index contributed by atoms with van der Waals surface area (Å²) in [5, 5.41) is 12.4. The summed E-state index contributed by atoms with van der Waals surface area (Å²) < 4.78 is 0. The van der Waals surface area contributed by atoms with E-state index in [1.54, 1.807) is 12.1 Å². The van der Waals surface area contributed by atoms with E-state index in [1.807, 2.05) is 42.8 Å². The fourth-order valence-corrected chi connectivity index (χ4v) is 6.39. The summed E-state index contributed by atoms with van der Waals surface area (Å²) in [6.45, 7) is 12.4. The maximum atomic E-state index is 13.6. The van der Waals surface area contributed by atoms with Crippen LogP contribution in [0.4, 0.5) is 0 Å². The molecule has 13 nitrogen and oxygen atoms in total. The summed E-state index contributed by atoms with van der Waals surface area (Å²) in [7, 11) is 0. The van der Waals surface area contributed by atoms with E-state index in [2.05, 4.69) is 37.7 Å². The zero-order valence-corrected chi connectivity index (χ0v) is 29.3. The molecule has 0 spiro atoms. The molecule has 1 aliphatic heterocycles.